The monoisotopic (exact) mass is 247 g/mol. The fraction of sp³-hybridized carbons (Fsp3) is 0.300. The maximum atomic E-state index is 13.6. The lowest BCUT2D eigenvalue weighted by molar-refractivity contribution is -0.119. The first kappa shape index (κ1) is 10.7. The number of fused-ring (bicyclic) bond motifs is 1. The van der Waals surface area contributed by atoms with Gasteiger partial charge in [-0.1, -0.05) is 23.2 Å². The van der Waals surface area contributed by atoms with E-state index in [9.17, 15) is 9.18 Å². The molecule has 0 unspecified atom stereocenters. The van der Waals surface area contributed by atoms with Gasteiger partial charge in [0.05, 0.1) is 21.1 Å². The van der Waals surface area contributed by atoms with Crippen LogP contribution in [0.15, 0.2) is 6.07 Å². The fourth-order valence-corrected chi connectivity index (χ4v) is 1.94. The Morgan fingerprint density at radius 1 is 1.40 bits per heavy atom. The van der Waals surface area contributed by atoms with Crippen molar-refractivity contribution in [3.05, 3.63) is 27.5 Å². The van der Waals surface area contributed by atoms with Crippen LogP contribution in [0.3, 0.4) is 0 Å². The van der Waals surface area contributed by atoms with Crippen LogP contribution < -0.4 is 5.32 Å². The van der Waals surface area contributed by atoms with E-state index in [1.54, 1.807) is 13.8 Å². The minimum absolute atomic E-state index is 0.123. The van der Waals surface area contributed by atoms with Crippen LogP contribution in [-0.4, -0.2) is 5.91 Å². The first-order valence-electron chi connectivity index (χ1n) is 4.35. The highest BCUT2D eigenvalue weighted by atomic mass is 35.5. The van der Waals surface area contributed by atoms with Crippen molar-refractivity contribution in [3.63, 3.8) is 0 Å². The molecule has 1 amide bonds. The van der Waals surface area contributed by atoms with Crippen molar-refractivity contribution in [1.29, 1.82) is 0 Å². The normalized spacial score (nSPS) is 17.5. The largest absolute Gasteiger partial charge is 0.323 e. The summed E-state index contributed by atoms with van der Waals surface area (Å²) in [5.41, 5.74) is -0.0940. The third-order valence-electron chi connectivity index (χ3n) is 2.64. The molecule has 1 aliphatic rings. The molecule has 1 aromatic rings. The van der Waals surface area contributed by atoms with Crippen LogP contribution in [0.4, 0.5) is 10.1 Å². The van der Waals surface area contributed by atoms with E-state index in [4.69, 9.17) is 23.2 Å². The van der Waals surface area contributed by atoms with Crippen molar-refractivity contribution in [1.82, 2.24) is 0 Å². The summed E-state index contributed by atoms with van der Waals surface area (Å²) in [5.74, 6) is -0.923. The lowest BCUT2D eigenvalue weighted by Gasteiger charge is -2.15. The molecule has 0 bridgehead atoms. The third kappa shape index (κ3) is 1.34. The summed E-state index contributed by atoms with van der Waals surface area (Å²) >= 11 is 11.4. The minimum atomic E-state index is -0.773. The molecule has 0 atom stereocenters. The van der Waals surface area contributed by atoms with E-state index < -0.39 is 11.2 Å². The number of halogens is 3. The second-order valence-electron chi connectivity index (χ2n) is 3.99. The zero-order valence-corrected chi connectivity index (χ0v) is 9.63. The Balaban J connectivity index is 2.76. The van der Waals surface area contributed by atoms with E-state index >= 15 is 0 Å². The number of hydrogen-bond acceptors (Lipinski definition) is 1. The molecule has 5 heteroatoms. The molecule has 0 aliphatic carbocycles. The van der Waals surface area contributed by atoms with E-state index in [-0.39, 0.29) is 21.6 Å². The van der Waals surface area contributed by atoms with Gasteiger partial charge in [-0.05, 0) is 25.5 Å². The molecule has 2 nitrogen and oxygen atoms in total. The van der Waals surface area contributed by atoms with E-state index in [0.717, 1.165) is 0 Å². The molecule has 0 aromatic heterocycles. The van der Waals surface area contributed by atoms with Crippen LogP contribution in [0.25, 0.3) is 0 Å². The van der Waals surface area contributed by atoms with E-state index in [1.165, 1.54) is 6.07 Å². The Hall–Kier alpha value is -0.800. The van der Waals surface area contributed by atoms with Crippen molar-refractivity contribution < 1.29 is 9.18 Å². The van der Waals surface area contributed by atoms with Crippen LogP contribution in [0, 0.1) is 5.82 Å². The summed E-state index contributed by atoms with van der Waals surface area (Å²) in [5, 5.41) is 2.43. The topological polar surface area (TPSA) is 29.1 Å². The number of carbonyl (C=O) groups excluding carboxylic acids is 1. The van der Waals surface area contributed by atoms with Crippen LogP contribution >= 0.6 is 23.2 Å². The summed E-state index contributed by atoms with van der Waals surface area (Å²) in [6.45, 7) is 3.41. The van der Waals surface area contributed by atoms with Crippen LogP contribution in [0.1, 0.15) is 19.4 Å². The highest BCUT2D eigenvalue weighted by molar-refractivity contribution is 6.42. The van der Waals surface area contributed by atoms with Gasteiger partial charge < -0.3 is 5.32 Å². The standard InChI is InChI=1S/C10H8Cl2FNO/c1-10(2)4-3-5(11)6(12)7(13)8(4)14-9(10)15/h3H,1-2H3,(H,14,15). The van der Waals surface area contributed by atoms with Gasteiger partial charge in [0, 0.05) is 0 Å². The second-order valence-corrected chi connectivity index (χ2v) is 4.77. The average molecular weight is 248 g/mol. The molecule has 0 fully saturated rings. The quantitative estimate of drug-likeness (QED) is 0.700. The van der Waals surface area contributed by atoms with Gasteiger partial charge in [-0.3, -0.25) is 4.79 Å². The molecule has 1 N–H and O–H groups in total. The highest BCUT2D eigenvalue weighted by Crippen LogP contribution is 2.43. The number of amides is 1. The zero-order valence-electron chi connectivity index (χ0n) is 8.12. The molecule has 1 aromatic carbocycles. The van der Waals surface area contributed by atoms with E-state index in [0.29, 0.717) is 5.56 Å². The van der Waals surface area contributed by atoms with Gasteiger partial charge in [-0.2, -0.15) is 0 Å². The van der Waals surface area contributed by atoms with Gasteiger partial charge in [0.1, 0.15) is 0 Å². The second kappa shape index (κ2) is 3.09. The molecule has 1 heterocycles. The molecule has 0 saturated heterocycles. The maximum Gasteiger partial charge on any atom is 0.234 e. The van der Waals surface area contributed by atoms with Gasteiger partial charge >= 0.3 is 0 Å². The zero-order chi connectivity index (χ0) is 11.4. The number of benzene rings is 1. The van der Waals surface area contributed by atoms with Gasteiger partial charge in [0.15, 0.2) is 5.82 Å². The number of nitrogens with one attached hydrogen (secondary N) is 1. The third-order valence-corrected chi connectivity index (χ3v) is 3.41. The maximum absolute atomic E-state index is 13.6. The minimum Gasteiger partial charge on any atom is -0.323 e. The SMILES string of the molecule is CC1(C)C(=O)Nc2c1cc(Cl)c(Cl)c2F. The summed E-state index contributed by atoms with van der Waals surface area (Å²) < 4.78 is 13.6. The smallest absolute Gasteiger partial charge is 0.234 e. The predicted octanol–water partition coefficient (Wildman–Crippen LogP) is 3.36. The summed E-state index contributed by atoms with van der Waals surface area (Å²) in [4.78, 5) is 11.6. The average Bonchev–Trinajstić information content (AvgIpc) is 2.38. The molecule has 1 aliphatic heterocycles. The Kier molecular flexibility index (Phi) is 2.21. The van der Waals surface area contributed by atoms with Gasteiger partial charge in [-0.15, -0.1) is 0 Å². The Morgan fingerprint density at radius 2 is 2.00 bits per heavy atom. The van der Waals surface area contributed by atoms with E-state index in [1.807, 2.05) is 0 Å². The lowest BCUT2D eigenvalue weighted by Crippen LogP contribution is -2.26. The summed E-state index contributed by atoms with van der Waals surface area (Å²) in [6, 6.07) is 1.53. The van der Waals surface area contributed by atoms with Gasteiger partial charge in [-0.25, -0.2) is 4.39 Å². The molecule has 0 radical (unpaired) electrons. The van der Waals surface area contributed by atoms with Gasteiger partial charge in [0.2, 0.25) is 5.91 Å². The van der Waals surface area contributed by atoms with Crippen molar-refractivity contribution in [2.45, 2.75) is 19.3 Å². The summed E-state index contributed by atoms with van der Waals surface area (Å²) in [6.07, 6.45) is 0. The molecule has 80 valence electrons. The Bertz CT molecular complexity index is 471. The summed E-state index contributed by atoms with van der Waals surface area (Å²) in [7, 11) is 0. The number of carbonyl (C=O) groups is 1. The molecular weight excluding hydrogens is 240 g/mol. The molecule has 0 saturated carbocycles. The number of hydrogen-bond donors (Lipinski definition) is 1. The first-order chi connectivity index (χ1) is 6.85. The molecule has 15 heavy (non-hydrogen) atoms. The van der Waals surface area contributed by atoms with Gasteiger partial charge in [0.25, 0.3) is 0 Å². The molecular formula is C10H8Cl2FNO. The van der Waals surface area contributed by atoms with Crippen LogP contribution in [0.2, 0.25) is 10.0 Å². The first-order valence-corrected chi connectivity index (χ1v) is 5.10. The Labute approximate surface area is 96.4 Å². The van der Waals surface area contributed by atoms with E-state index in [2.05, 4.69) is 5.32 Å². The van der Waals surface area contributed by atoms with Crippen LogP contribution in [0.5, 0.6) is 0 Å². The number of rotatable bonds is 0. The predicted molar refractivity (Wildman–Crippen MR) is 58.1 cm³/mol. The lowest BCUT2D eigenvalue weighted by atomic mass is 9.86. The molecule has 2 rings (SSSR count). The van der Waals surface area contributed by atoms with Crippen molar-refractivity contribution in [2.24, 2.45) is 0 Å². The number of anilines is 1. The highest BCUT2D eigenvalue weighted by Gasteiger charge is 2.41. The van der Waals surface area contributed by atoms with Crippen LogP contribution in [-0.2, 0) is 10.2 Å². The van der Waals surface area contributed by atoms with Crippen molar-refractivity contribution in [2.75, 3.05) is 5.32 Å². The van der Waals surface area contributed by atoms with Crippen molar-refractivity contribution >= 4 is 34.8 Å². The van der Waals surface area contributed by atoms with Crippen molar-refractivity contribution in [3.8, 4) is 0 Å². The fourth-order valence-electron chi connectivity index (χ4n) is 1.60. The Morgan fingerprint density at radius 3 is 2.60 bits per heavy atom. The molecule has 0 spiro atoms.